The number of likely N-dealkylation sites (N-methyl/N-ethyl adjacent to an activating group) is 1. The van der Waals surface area contributed by atoms with E-state index in [2.05, 4.69) is 13.0 Å². The zero-order valence-corrected chi connectivity index (χ0v) is 14.1. The van der Waals surface area contributed by atoms with E-state index in [9.17, 15) is 4.79 Å². The minimum absolute atomic E-state index is 0.0415. The highest BCUT2D eigenvalue weighted by Gasteiger charge is 2.14. The van der Waals surface area contributed by atoms with Gasteiger partial charge in [0.1, 0.15) is 11.5 Å². The van der Waals surface area contributed by atoms with Crippen molar-refractivity contribution in [1.82, 2.24) is 4.90 Å². The van der Waals surface area contributed by atoms with Gasteiger partial charge in [0.2, 0.25) is 5.91 Å². The van der Waals surface area contributed by atoms with Crippen LogP contribution in [0.15, 0.2) is 42.5 Å². The van der Waals surface area contributed by atoms with Gasteiger partial charge in [0.25, 0.3) is 0 Å². The fraction of sp³-hybridized carbons (Fsp3) is 0.316. The summed E-state index contributed by atoms with van der Waals surface area (Å²) in [5.74, 6) is 1.46. The van der Waals surface area contributed by atoms with Crippen molar-refractivity contribution in [2.75, 3.05) is 21.3 Å². The minimum atomic E-state index is 0.0415. The Kier molecular flexibility index (Phi) is 5.63. The maximum Gasteiger partial charge on any atom is 0.227 e. The summed E-state index contributed by atoms with van der Waals surface area (Å²) >= 11 is 0. The monoisotopic (exact) mass is 313 g/mol. The van der Waals surface area contributed by atoms with Crippen LogP contribution in [-0.2, 0) is 17.8 Å². The van der Waals surface area contributed by atoms with Crippen molar-refractivity contribution in [2.45, 2.75) is 19.9 Å². The Morgan fingerprint density at radius 2 is 1.78 bits per heavy atom. The lowest BCUT2D eigenvalue weighted by Crippen LogP contribution is -2.28. The first kappa shape index (κ1) is 16.9. The van der Waals surface area contributed by atoms with Crippen molar-refractivity contribution < 1.29 is 14.3 Å². The van der Waals surface area contributed by atoms with Crippen LogP contribution in [0, 0.1) is 6.92 Å². The molecule has 0 saturated heterocycles. The number of hydrogen-bond donors (Lipinski definition) is 0. The number of ether oxygens (including phenoxy) is 2. The molecule has 0 fully saturated rings. The summed E-state index contributed by atoms with van der Waals surface area (Å²) in [6.45, 7) is 2.65. The molecule has 2 rings (SSSR count). The van der Waals surface area contributed by atoms with Crippen LogP contribution >= 0.6 is 0 Å². The first-order chi connectivity index (χ1) is 11.0. The summed E-state index contributed by atoms with van der Waals surface area (Å²) in [4.78, 5) is 14.3. The van der Waals surface area contributed by atoms with Gasteiger partial charge in [0.15, 0.2) is 0 Å². The first-order valence-electron chi connectivity index (χ1n) is 7.54. The van der Waals surface area contributed by atoms with Gasteiger partial charge >= 0.3 is 0 Å². The van der Waals surface area contributed by atoms with Gasteiger partial charge in [-0.05, 0) is 36.2 Å². The molecule has 0 aromatic heterocycles. The maximum atomic E-state index is 12.5. The van der Waals surface area contributed by atoms with Crippen LogP contribution < -0.4 is 9.47 Å². The Bertz CT molecular complexity index is 682. The fourth-order valence-corrected chi connectivity index (χ4v) is 2.45. The summed E-state index contributed by atoms with van der Waals surface area (Å²) in [6.07, 6.45) is 0.281. The molecule has 1 amide bonds. The Morgan fingerprint density at radius 1 is 1.04 bits per heavy atom. The average Bonchev–Trinajstić information content (AvgIpc) is 2.56. The summed E-state index contributed by atoms with van der Waals surface area (Å²) in [5.41, 5.74) is 3.17. The van der Waals surface area contributed by atoms with Crippen LogP contribution in [0.25, 0.3) is 0 Å². The summed E-state index contributed by atoms with van der Waals surface area (Å²) in [5, 5.41) is 0. The van der Waals surface area contributed by atoms with Gasteiger partial charge in [-0.2, -0.15) is 0 Å². The number of benzene rings is 2. The van der Waals surface area contributed by atoms with E-state index in [0.29, 0.717) is 12.3 Å². The number of carbonyl (C=O) groups is 1. The molecule has 23 heavy (non-hydrogen) atoms. The second-order valence-corrected chi connectivity index (χ2v) is 5.53. The first-order valence-corrected chi connectivity index (χ1v) is 7.54. The van der Waals surface area contributed by atoms with Crippen LogP contribution in [0.3, 0.4) is 0 Å². The van der Waals surface area contributed by atoms with E-state index >= 15 is 0 Å². The topological polar surface area (TPSA) is 38.8 Å². The molecule has 0 aliphatic heterocycles. The molecule has 2 aromatic carbocycles. The van der Waals surface area contributed by atoms with Crippen LogP contribution in [0.5, 0.6) is 11.5 Å². The van der Waals surface area contributed by atoms with Gasteiger partial charge < -0.3 is 14.4 Å². The number of nitrogens with zero attached hydrogens (tertiary/aromatic N) is 1. The van der Waals surface area contributed by atoms with Gasteiger partial charge in [0.05, 0.1) is 20.6 Å². The summed E-state index contributed by atoms with van der Waals surface area (Å²) < 4.78 is 10.6. The molecule has 4 nitrogen and oxygen atoms in total. The Labute approximate surface area is 137 Å². The van der Waals surface area contributed by atoms with E-state index in [4.69, 9.17) is 9.47 Å². The Morgan fingerprint density at radius 3 is 2.43 bits per heavy atom. The SMILES string of the molecule is COc1ccc(OC)c(CC(=O)N(C)Cc2ccccc2C)c1. The molecular weight excluding hydrogens is 290 g/mol. The van der Waals surface area contributed by atoms with E-state index in [1.165, 1.54) is 5.56 Å². The molecule has 2 aromatic rings. The molecular formula is C19H23NO3. The smallest absolute Gasteiger partial charge is 0.227 e. The lowest BCUT2D eigenvalue weighted by Gasteiger charge is -2.19. The molecule has 0 spiro atoms. The third kappa shape index (κ3) is 4.25. The number of carbonyl (C=O) groups excluding carboxylic acids is 1. The minimum Gasteiger partial charge on any atom is -0.497 e. The van der Waals surface area contributed by atoms with Gasteiger partial charge in [-0.25, -0.2) is 0 Å². The van der Waals surface area contributed by atoms with E-state index in [0.717, 1.165) is 16.9 Å². The maximum absolute atomic E-state index is 12.5. The number of methoxy groups -OCH3 is 2. The molecule has 0 atom stereocenters. The summed E-state index contributed by atoms with van der Waals surface area (Å²) in [6, 6.07) is 13.6. The molecule has 0 bridgehead atoms. The third-order valence-electron chi connectivity index (χ3n) is 3.92. The van der Waals surface area contributed by atoms with Crippen molar-refractivity contribution in [1.29, 1.82) is 0 Å². The van der Waals surface area contributed by atoms with Gasteiger partial charge in [-0.1, -0.05) is 24.3 Å². The Hall–Kier alpha value is -2.49. The normalized spacial score (nSPS) is 10.3. The quantitative estimate of drug-likeness (QED) is 0.822. The fourth-order valence-electron chi connectivity index (χ4n) is 2.45. The van der Waals surface area contributed by atoms with Crippen molar-refractivity contribution in [3.05, 3.63) is 59.2 Å². The Balaban J connectivity index is 2.10. The average molecular weight is 313 g/mol. The zero-order valence-electron chi connectivity index (χ0n) is 14.1. The van der Waals surface area contributed by atoms with E-state index in [1.807, 2.05) is 43.4 Å². The van der Waals surface area contributed by atoms with Crippen molar-refractivity contribution in [3.8, 4) is 11.5 Å². The number of rotatable bonds is 6. The second kappa shape index (κ2) is 7.68. The van der Waals surface area contributed by atoms with Crippen LogP contribution in [0.2, 0.25) is 0 Å². The van der Waals surface area contributed by atoms with Crippen LogP contribution in [-0.4, -0.2) is 32.1 Å². The number of aryl methyl sites for hydroxylation is 1. The van der Waals surface area contributed by atoms with Gasteiger partial charge in [0, 0.05) is 19.2 Å². The predicted octanol–water partition coefficient (Wildman–Crippen LogP) is 3.21. The molecule has 0 radical (unpaired) electrons. The molecule has 0 aliphatic carbocycles. The largest absolute Gasteiger partial charge is 0.497 e. The molecule has 0 unspecified atom stereocenters. The number of amides is 1. The molecule has 0 heterocycles. The molecule has 0 N–H and O–H groups in total. The highest BCUT2D eigenvalue weighted by atomic mass is 16.5. The molecule has 0 aliphatic rings. The van der Waals surface area contributed by atoms with Gasteiger partial charge in [-0.3, -0.25) is 4.79 Å². The second-order valence-electron chi connectivity index (χ2n) is 5.53. The van der Waals surface area contributed by atoms with Gasteiger partial charge in [-0.15, -0.1) is 0 Å². The van der Waals surface area contributed by atoms with Crippen molar-refractivity contribution >= 4 is 5.91 Å². The predicted molar refractivity (Wildman–Crippen MR) is 90.9 cm³/mol. The van der Waals surface area contributed by atoms with E-state index in [1.54, 1.807) is 19.1 Å². The van der Waals surface area contributed by atoms with Crippen LogP contribution in [0.4, 0.5) is 0 Å². The molecule has 4 heteroatoms. The standard InChI is InChI=1S/C19H23NO3/c1-14-7-5-6-8-15(14)13-20(2)19(21)12-16-11-17(22-3)9-10-18(16)23-4/h5-11H,12-13H2,1-4H3. The lowest BCUT2D eigenvalue weighted by atomic mass is 10.1. The highest BCUT2D eigenvalue weighted by Crippen LogP contribution is 2.25. The van der Waals surface area contributed by atoms with E-state index in [-0.39, 0.29) is 12.3 Å². The van der Waals surface area contributed by atoms with E-state index < -0.39 is 0 Å². The van der Waals surface area contributed by atoms with Crippen molar-refractivity contribution in [3.63, 3.8) is 0 Å². The van der Waals surface area contributed by atoms with Crippen LogP contribution in [0.1, 0.15) is 16.7 Å². The zero-order chi connectivity index (χ0) is 16.8. The van der Waals surface area contributed by atoms with Crippen molar-refractivity contribution in [2.24, 2.45) is 0 Å². The number of hydrogen-bond acceptors (Lipinski definition) is 3. The molecule has 0 saturated carbocycles. The third-order valence-corrected chi connectivity index (χ3v) is 3.92. The summed E-state index contributed by atoms with van der Waals surface area (Å²) in [7, 11) is 5.03. The molecule has 122 valence electrons. The highest BCUT2D eigenvalue weighted by molar-refractivity contribution is 5.79. The lowest BCUT2D eigenvalue weighted by molar-refractivity contribution is -0.129.